The number of carboxylic acid groups (broad SMARTS) is 1. The van der Waals surface area contributed by atoms with Crippen molar-refractivity contribution in [3.63, 3.8) is 0 Å². The van der Waals surface area contributed by atoms with Gasteiger partial charge in [0.05, 0.1) is 6.61 Å². The van der Waals surface area contributed by atoms with Crippen molar-refractivity contribution in [1.29, 1.82) is 0 Å². The van der Waals surface area contributed by atoms with Crippen LogP contribution in [0.3, 0.4) is 0 Å². The van der Waals surface area contributed by atoms with Crippen LogP contribution in [0.5, 0.6) is 0 Å². The van der Waals surface area contributed by atoms with E-state index in [0.717, 1.165) is 6.07 Å². The highest BCUT2D eigenvalue weighted by Crippen LogP contribution is 2.15. The molecule has 1 aromatic rings. The third-order valence-electron chi connectivity index (χ3n) is 2.97. The number of hydrogen-bond acceptors (Lipinski definition) is 4. The molecule has 0 bridgehead atoms. The van der Waals surface area contributed by atoms with E-state index in [-0.39, 0.29) is 29.2 Å². The Morgan fingerprint density at radius 3 is 2.50 bits per heavy atom. The average molecular weight is 304 g/mol. The summed E-state index contributed by atoms with van der Waals surface area (Å²) in [5, 5.41) is 8.94. The van der Waals surface area contributed by atoms with Crippen molar-refractivity contribution in [2.75, 3.05) is 13.7 Å². The Kier molecular flexibility index (Phi) is 5.32. The number of aromatic carboxylic acids is 1. The van der Waals surface area contributed by atoms with E-state index in [4.69, 9.17) is 9.84 Å². The summed E-state index contributed by atoms with van der Waals surface area (Å²) >= 11 is 0. The van der Waals surface area contributed by atoms with Gasteiger partial charge in [-0.3, -0.25) is 0 Å². The largest absolute Gasteiger partial charge is 0.477 e. The minimum atomic E-state index is -3.78. The molecule has 1 aromatic heterocycles. The maximum absolute atomic E-state index is 12.2. The highest BCUT2D eigenvalue weighted by molar-refractivity contribution is 7.89. The van der Waals surface area contributed by atoms with Gasteiger partial charge in [-0.15, -0.1) is 0 Å². The number of nitrogens with one attached hydrogen (secondary N) is 1. The number of nitrogens with zero attached hydrogens (tertiary/aromatic N) is 1. The number of ether oxygens (including phenoxy) is 1. The zero-order valence-corrected chi connectivity index (χ0v) is 12.8. The van der Waals surface area contributed by atoms with Gasteiger partial charge in [-0.25, -0.2) is 17.9 Å². The SMILES string of the molecule is COCC(NS(=O)(=O)c1cc(C(=O)O)n(C)c1)C(C)C. The number of aromatic nitrogens is 1. The first-order chi connectivity index (χ1) is 9.19. The Hall–Kier alpha value is -1.38. The lowest BCUT2D eigenvalue weighted by Gasteiger charge is -2.20. The van der Waals surface area contributed by atoms with Crippen LogP contribution in [-0.2, 0) is 21.8 Å². The molecular formula is C12H20N2O5S. The first-order valence-electron chi connectivity index (χ1n) is 6.10. The number of rotatable bonds is 7. The lowest BCUT2D eigenvalue weighted by molar-refractivity contribution is 0.0686. The molecule has 20 heavy (non-hydrogen) atoms. The summed E-state index contributed by atoms with van der Waals surface area (Å²) in [4.78, 5) is 10.9. The van der Waals surface area contributed by atoms with Gasteiger partial charge in [0.2, 0.25) is 10.0 Å². The fraction of sp³-hybridized carbons (Fsp3) is 0.583. The molecule has 1 heterocycles. The van der Waals surface area contributed by atoms with Crippen LogP contribution in [0, 0.1) is 5.92 Å². The summed E-state index contributed by atoms with van der Waals surface area (Å²) in [6, 6.07) is 0.757. The van der Waals surface area contributed by atoms with E-state index in [9.17, 15) is 13.2 Å². The van der Waals surface area contributed by atoms with Gasteiger partial charge in [0.15, 0.2) is 0 Å². The highest BCUT2D eigenvalue weighted by atomic mass is 32.2. The van der Waals surface area contributed by atoms with Crippen molar-refractivity contribution < 1.29 is 23.1 Å². The molecule has 0 aliphatic rings. The van der Waals surface area contributed by atoms with Crippen LogP contribution in [0.2, 0.25) is 0 Å². The Balaban J connectivity index is 3.04. The van der Waals surface area contributed by atoms with Crippen molar-refractivity contribution >= 4 is 16.0 Å². The second-order valence-corrected chi connectivity index (χ2v) is 6.62. The van der Waals surface area contributed by atoms with Crippen molar-refractivity contribution in [1.82, 2.24) is 9.29 Å². The molecule has 0 radical (unpaired) electrons. The van der Waals surface area contributed by atoms with E-state index in [1.165, 1.54) is 24.9 Å². The minimum absolute atomic E-state index is 0.0485. The average Bonchev–Trinajstić information content (AvgIpc) is 2.71. The van der Waals surface area contributed by atoms with Gasteiger partial charge in [0, 0.05) is 26.4 Å². The first-order valence-corrected chi connectivity index (χ1v) is 7.58. The number of hydrogen-bond donors (Lipinski definition) is 2. The zero-order valence-electron chi connectivity index (χ0n) is 12.0. The zero-order chi connectivity index (χ0) is 15.5. The second-order valence-electron chi connectivity index (χ2n) is 4.90. The molecule has 0 saturated carbocycles. The molecule has 1 rings (SSSR count). The van der Waals surface area contributed by atoms with Gasteiger partial charge in [-0.1, -0.05) is 13.8 Å². The Labute approximate surface area is 118 Å². The Morgan fingerprint density at radius 2 is 2.10 bits per heavy atom. The van der Waals surface area contributed by atoms with E-state index in [1.807, 2.05) is 13.8 Å². The third-order valence-corrected chi connectivity index (χ3v) is 4.42. The number of carboxylic acids is 1. The molecule has 2 N–H and O–H groups in total. The standard InChI is InChI=1S/C12H20N2O5S/c1-8(2)10(7-19-4)13-20(17,18)9-5-11(12(15)16)14(3)6-9/h5-6,8,10,13H,7H2,1-4H3,(H,15,16). The molecule has 0 saturated heterocycles. The molecule has 8 heteroatoms. The third kappa shape index (κ3) is 3.81. The molecule has 1 atom stereocenters. The molecule has 0 fully saturated rings. The van der Waals surface area contributed by atoms with Crippen LogP contribution in [0.4, 0.5) is 0 Å². The molecule has 7 nitrogen and oxygen atoms in total. The van der Waals surface area contributed by atoms with E-state index in [1.54, 1.807) is 0 Å². The van der Waals surface area contributed by atoms with Gasteiger partial charge >= 0.3 is 5.97 Å². The van der Waals surface area contributed by atoms with Gasteiger partial charge < -0.3 is 14.4 Å². The van der Waals surface area contributed by atoms with Gasteiger partial charge in [-0.2, -0.15) is 0 Å². The molecular weight excluding hydrogens is 284 g/mol. The molecule has 0 aromatic carbocycles. The van der Waals surface area contributed by atoms with Crippen LogP contribution in [-0.4, -0.2) is 43.8 Å². The second kappa shape index (κ2) is 6.38. The summed E-state index contributed by atoms with van der Waals surface area (Å²) in [7, 11) is -0.798. The topological polar surface area (TPSA) is 97.6 Å². The maximum Gasteiger partial charge on any atom is 0.352 e. The van der Waals surface area contributed by atoms with E-state index < -0.39 is 16.0 Å². The van der Waals surface area contributed by atoms with E-state index >= 15 is 0 Å². The summed E-state index contributed by atoms with van der Waals surface area (Å²) in [5.41, 5.74) is -0.0850. The Bertz CT molecular complexity index is 577. The predicted octanol–water partition coefficient (Wildman–Crippen LogP) is 0.673. The summed E-state index contributed by atoms with van der Waals surface area (Å²) < 4.78 is 33.3. The van der Waals surface area contributed by atoms with Crippen LogP contribution in [0.15, 0.2) is 17.2 Å². The molecule has 0 aliphatic carbocycles. The van der Waals surface area contributed by atoms with Crippen LogP contribution < -0.4 is 4.72 Å². The Morgan fingerprint density at radius 1 is 1.50 bits per heavy atom. The van der Waals surface area contributed by atoms with Gasteiger partial charge in [-0.05, 0) is 12.0 Å². The summed E-state index contributed by atoms with van der Waals surface area (Å²) in [5.74, 6) is -1.13. The molecule has 0 aliphatic heterocycles. The van der Waals surface area contributed by atoms with Crippen LogP contribution in [0.1, 0.15) is 24.3 Å². The quantitative estimate of drug-likeness (QED) is 0.771. The fourth-order valence-electron chi connectivity index (χ4n) is 1.70. The number of sulfonamides is 1. The first kappa shape index (κ1) is 16.7. The molecule has 114 valence electrons. The smallest absolute Gasteiger partial charge is 0.352 e. The van der Waals surface area contributed by atoms with Crippen molar-refractivity contribution in [2.45, 2.75) is 24.8 Å². The van der Waals surface area contributed by atoms with Gasteiger partial charge in [0.1, 0.15) is 10.6 Å². The highest BCUT2D eigenvalue weighted by Gasteiger charge is 2.25. The fourth-order valence-corrected chi connectivity index (χ4v) is 3.14. The van der Waals surface area contributed by atoms with Gasteiger partial charge in [0.25, 0.3) is 0 Å². The van der Waals surface area contributed by atoms with E-state index in [2.05, 4.69) is 4.72 Å². The summed E-state index contributed by atoms with van der Waals surface area (Å²) in [6.07, 6.45) is 1.27. The van der Waals surface area contributed by atoms with Crippen LogP contribution in [0.25, 0.3) is 0 Å². The normalized spacial score (nSPS) is 13.7. The lowest BCUT2D eigenvalue weighted by Crippen LogP contribution is -2.41. The van der Waals surface area contributed by atoms with Crippen molar-refractivity contribution in [3.05, 3.63) is 18.0 Å². The number of carbonyl (C=O) groups is 1. The van der Waals surface area contributed by atoms with E-state index in [0.29, 0.717) is 0 Å². The monoisotopic (exact) mass is 304 g/mol. The van der Waals surface area contributed by atoms with Crippen molar-refractivity contribution in [2.24, 2.45) is 13.0 Å². The molecule has 1 unspecified atom stereocenters. The van der Waals surface area contributed by atoms with Crippen molar-refractivity contribution in [3.8, 4) is 0 Å². The van der Waals surface area contributed by atoms with Crippen LogP contribution >= 0.6 is 0 Å². The molecule has 0 amide bonds. The number of methoxy groups -OCH3 is 1. The lowest BCUT2D eigenvalue weighted by atomic mass is 10.1. The minimum Gasteiger partial charge on any atom is -0.477 e. The molecule has 0 spiro atoms. The summed E-state index contributed by atoms with van der Waals surface area (Å²) in [6.45, 7) is 4.00. The maximum atomic E-state index is 12.2. The number of aryl methyl sites for hydroxylation is 1. The predicted molar refractivity (Wildman–Crippen MR) is 73.2 cm³/mol.